The van der Waals surface area contributed by atoms with E-state index < -0.39 is 0 Å². The molecule has 0 aromatic rings. The molecule has 1 saturated carbocycles. The largest absolute Gasteiger partial charge is 0.312 e. The van der Waals surface area contributed by atoms with Gasteiger partial charge in [0.1, 0.15) is 0 Å². The van der Waals surface area contributed by atoms with E-state index in [9.17, 15) is 0 Å². The Morgan fingerprint density at radius 2 is 2.06 bits per heavy atom. The van der Waals surface area contributed by atoms with E-state index in [2.05, 4.69) is 45.1 Å². The predicted molar refractivity (Wildman–Crippen MR) is 76.4 cm³/mol. The van der Waals surface area contributed by atoms with Gasteiger partial charge in [-0.3, -0.25) is 0 Å². The zero-order chi connectivity index (χ0) is 12.9. The monoisotopic (exact) mass is 240 g/mol. The van der Waals surface area contributed by atoms with E-state index >= 15 is 0 Å². The van der Waals surface area contributed by atoms with Crippen molar-refractivity contribution >= 4 is 0 Å². The Morgan fingerprint density at radius 1 is 1.35 bits per heavy atom. The van der Waals surface area contributed by atoms with E-state index in [0.717, 1.165) is 12.5 Å². The Labute approximate surface area is 108 Å². The molecule has 1 rings (SSSR count). The fourth-order valence-corrected chi connectivity index (χ4v) is 3.63. The lowest BCUT2D eigenvalue weighted by Crippen LogP contribution is -2.60. The molecule has 1 aliphatic rings. The van der Waals surface area contributed by atoms with Crippen LogP contribution in [0, 0.1) is 5.92 Å². The maximum absolute atomic E-state index is 3.79. The number of nitrogens with zero attached hydrogens (tertiary/aromatic N) is 1. The van der Waals surface area contributed by atoms with Gasteiger partial charge < -0.3 is 10.2 Å². The normalized spacial score (nSPS) is 31.8. The molecular weight excluding hydrogens is 208 g/mol. The molecule has 17 heavy (non-hydrogen) atoms. The van der Waals surface area contributed by atoms with Gasteiger partial charge in [0.2, 0.25) is 0 Å². The maximum atomic E-state index is 3.79. The second-order valence-electron chi connectivity index (χ2n) is 6.11. The summed E-state index contributed by atoms with van der Waals surface area (Å²) in [5.74, 6) is 0.878. The molecular formula is C15H32N2. The van der Waals surface area contributed by atoms with Crippen molar-refractivity contribution in [3.05, 3.63) is 0 Å². The highest BCUT2D eigenvalue weighted by Gasteiger charge is 2.42. The van der Waals surface area contributed by atoms with Crippen LogP contribution in [0.15, 0.2) is 0 Å². The lowest BCUT2D eigenvalue weighted by atomic mass is 9.70. The summed E-state index contributed by atoms with van der Waals surface area (Å²) in [6, 6.07) is 0.653. The van der Waals surface area contributed by atoms with Crippen molar-refractivity contribution in [1.82, 2.24) is 10.2 Å². The molecule has 2 nitrogen and oxygen atoms in total. The van der Waals surface area contributed by atoms with Crippen LogP contribution in [0.25, 0.3) is 0 Å². The highest BCUT2D eigenvalue weighted by Crippen LogP contribution is 2.39. The number of hydrogen-bond donors (Lipinski definition) is 1. The molecule has 2 heteroatoms. The molecule has 3 atom stereocenters. The predicted octanol–water partition coefficient (Wildman–Crippen LogP) is 3.28. The van der Waals surface area contributed by atoms with E-state index in [1.54, 1.807) is 0 Å². The summed E-state index contributed by atoms with van der Waals surface area (Å²) in [5.41, 5.74) is 0.390. The average Bonchev–Trinajstić information content (AvgIpc) is 2.29. The molecule has 0 spiro atoms. The van der Waals surface area contributed by atoms with Crippen molar-refractivity contribution in [2.45, 2.75) is 70.9 Å². The minimum absolute atomic E-state index is 0.390. The summed E-state index contributed by atoms with van der Waals surface area (Å²) in [5, 5.41) is 3.79. The van der Waals surface area contributed by atoms with Gasteiger partial charge in [-0.25, -0.2) is 0 Å². The Hall–Kier alpha value is -0.0800. The molecule has 3 unspecified atom stereocenters. The zero-order valence-corrected chi connectivity index (χ0v) is 12.6. The van der Waals surface area contributed by atoms with Gasteiger partial charge in [0.15, 0.2) is 0 Å². The first-order chi connectivity index (χ1) is 8.06. The third-order valence-electron chi connectivity index (χ3n) is 4.60. The second-order valence-corrected chi connectivity index (χ2v) is 6.11. The summed E-state index contributed by atoms with van der Waals surface area (Å²) in [7, 11) is 4.54. The fourth-order valence-electron chi connectivity index (χ4n) is 3.63. The third-order valence-corrected chi connectivity index (χ3v) is 4.60. The lowest BCUT2D eigenvalue weighted by molar-refractivity contribution is 0.0360. The summed E-state index contributed by atoms with van der Waals surface area (Å²) in [6.45, 7) is 8.16. The minimum atomic E-state index is 0.390. The number of nitrogens with one attached hydrogen (secondary N) is 1. The zero-order valence-electron chi connectivity index (χ0n) is 12.6. The topological polar surface area (TPSA) is 15.3 Å². The van der Waals surface area contributed by atoms with Gasteiger partial charge in [0, 0.05) is 11.6 Å². The first kappa shape index (κ1) is 15.0. The minimum Gasteiger partial charge on any atom is -0.312 e. The summed E-state index contributed by atoms with van der Waals surface area (Å²) in [4.78, 5) is 2.50. The van der Waals surface area contributed by atoms with Crippen LogP contribution in [0.4, 0.5) is 0 Å². The third kappa shape index (κ3) is 3.45. The molecule has 0 amide bonds. The molecule has 0 bridgehead atoms. The van der Waals surface area contributed by atoms with Crippen molar-refractivity contribution in [1.29, 1.82) is 0 Å². The summed E-state index contributed by atoms with van der Waals surface area (Å²) >= 11 is 0. The molecule has 1 fully saturated rings. The van der Waals surface area contributed by atoms with Gasteiger partial charge >= 0.3 is 0 Å². The lowest BCUT2D eigenvalue weighted by Gasteiger charge is -2.50. The maximum Gasteiger partial charge on any atom is 0.0358 e. The molecule has 0 saturated heterocycles. The van der Waals surface area contributed by atoms with Gasteiger partial charge in [0.25, 0.3) is 0 Å². The molecule has 0 aromatic heterocycles. The van der Waals surface area contributed by atoms with Gasteiger partial charge in [-0.05, 0) is 52.2 Å². The van der Waals surface area contributed by atoms with Gasteiger partial charge in [-0.2, -0.15) is 0 Å². The van der Waals surface area contributed by atoms with Crippen LogP contribution in [0.2, 0.25) is 0 Å². The molecule has 0 heterocycles. The van der Waals surface area contributed by atoms with Crippen LogP contribution in [0.3, 0.4) is 0 Å². The van der Waals surface area contributed by atoms with Crippen LogP contribution in [0.1, 0.15) is 59.3 Å². The van der Waals surface area contributed by atoms with E-state index in [1.165, 1.54) is 38.5 Å². The van der Waals surface area contributed by atoms with Crippen molar-refractivity contribution < 1.29 is 0 Å². The van der Waals surface area contributed by atoms with E-state index in [4.69, 9.17) is 0 Å². The smallest absolute Gasteiger partial charge is 0.0358 e. The van der Waals surface area contributed by atoms with Crippen LogP contribution in [0.5, 0.6) is 0 Å². The SMILES string of the molecule is CCCNC(CC)C1(N(C)C)CCCC(C)C1. The highest BCUT2D eigenvalue weighted by atomic mass is 15.2. The summed E-state index contributed by atoms with van der Waals surface area (Å²) < 4.78 is 0. The van der Waals surface area contributed by atoms with E-state index in [1.807, 2.05) is 0 Å². The quantitative estimate of drug-likeness (QED) is 0.766. The first-order valence-corrected chi connectivity index (χ1v) is 7.47. The molecule has 0 aromatic carbocycles. The van der Waals surface area contributed by atoms with Crippen LogP contribution in [-0.4, -0.2) is 37.1 Å². The van der Waals surface area contributed by atoms with Crippen LogP contribution >= 0.6 is 0 Å². The molecule has 0 aliphatic heterocycles. The number of rotatable bonds is 6. The van der Waals surface area contributed by atoms with E-state index in [0.29, 0.717) is 11.6 Å². The van der Waals surface area contributed by atoms with Gasteiger partial charge in [0.05, 0.1) is 0 Å². The van der Waals surface area contributed by atoms with E-state index in [-0.39, 0.29) is 0 Å². The molecule has 0 radical (unpaired) electrons. The van der Waals surface area contributed by atoms with Crippen LogP contribution < -0.4 is 5.32 Å². The Kier molecular flexibility index (Phi) is 5.94. The molecule has 1 N–H and O–H groups in total. The van der Waals surface area contributed by atoms with Gasteiger partial charge in [-0.15, -0.1) is 0 Å². The first-order valence-electron chi connectivity index (χ1n) is 7.47. The Bertz CT molecular complexity index is 215. The number of hydrogen-bond acceptors (Lipinski definition) is 2. The Balaban J connectivity index is 2.80. The van der Waals surface area contributed by atoms with Crippen LogP contribution in [-0.2, 0) is 0 Å². The van der Waals surface area contributed by atoms with Crippen molar-refractivity contribution in [3.63, 3.8) is 0 Å². The standard InChI is InChI=1S/C15H32N2/c1-6-11-16-14(7-2)15(17(4)5)10-8-9-13(3)12-15/h13-14,16H,6-12H2,1-5H3. The van der Waals surface area contributed by atoms with Crippen molar-refractivity contribution in [2.75, 3.05) is 20.6 Å². The van der Waals surface area contributed by atoms with Gasteiger partial charge in [-0.1, -0.05) is 33.6 Å². The van der Waals surface area contributed by atoms with Crippen molar-refractivity contribution in [3.8, 4) is 0 Å². The highest BCUT2D eigenvalue weighted by molar-refractivity contribution is 5.01. The summed E-state index contributed by atoms with van der Waals surface area (Å²) in [6.07, 6.45) is 8.00. The number of likely N-dealkylation sites (N-methyl/N-ethyl adjacent to an activating group) is 1. The molecule has 1 aliphatic carbocycles. The second kappa shape index (κ2) is 6.75. The Morgan fingerprint density at radius 3 is 2.53 bits per heavy atom. The molecule has 102 valence electrons. The fraction of sp³-hybridized carbons (Fsp3) is 1.00. The van der Waals surface area contributed by atoms with Crippen molar-refractivity contribution in [2.24, 2.45) is 5.92 Å². The average molecular weight is 240 g/mol.